The summed E-state index contributed by atoms with van der Waals surface area (Å²) in [6, 6.07) is 8.29. The van der Waals surface area contributed by atoms with Crippen LogP contribution in [-0.2, 0) is 13.1 Å². The zero-order valence-electron chi connectivity index (χ0n) is 16.0. The minimum Gasteiger partial charge on any atom is -0.463 e. The fraction of sp³-hybridized carbons (Fsp3) is 0.600. The number of hydrogen-bond acceptors (Lipinski definition) is 7. The van der Waals surface area contributed by atoms with Crippen LogP contribution >= 0.6 is 0 Å². The first kappa shape index (κ1) is 19.3. The highest BCUT2D eigenvalue weighted by molar-refractivity contribution is 5.40. The van der Waals surface area contributed by atoms with Gasteiger partial charge in [0.25, 0.3) is 0 Å². The number of rotatable bonds is 7. The average Bonchev–Trinajstić information content (AvgIpc) is 3.27. The third kappa shape index (κ3) is 5.26. The van der Waals surface area contributed by atoms with Crippen LogP contribution in [0.1, 0.15) is 37.7 Å². The van der Waals surface area contributed by atoms with Crippen LogP contribution in [-0.4, -0.2) is 48.6 Å². The number of furan rings is 1. The highest BCUT2D eigenvalue weighted by Crippen LogP contribution is 2.16. The van der Waals surface area contributed by atoms with E-state index in [-0.39, 0.29) is 11.6 Å². The van der Waals surface area contributed by atoms with Gasteiger partial charge in [-0.1, -0.05) is 6.42 Å². The molecule has 1 aromatic heterocycles. The first-order chi connectivity index (χ1) is 13.2. The molecule has 0 spiro atoms. The van der Waals surface area contributed by atoms with Crippen LogP contribution in [0.3, 0.4) is 0 Å². The minimum absolute atomic E-state index is 0.146. The van der Waals surface area contributed by atoms with Gasteiger partial charge in [-0.25, -0.2) is 0 Å². The van der Waals surface area contributed by atoms with Crippen LogP contribution < -0.4 is 10.6 Å². The number of likely N-dealkylation sites (tertiary alicyclic amines) is 1. The molecule has 7 nitrogen and oxygen atoms in total. The molecule has 0 aromatic carbocycles. The molecule has 0 radical (unpaired) electrons. The minimum atomic E-state index is 0.146. The molecule has 0 saturated carbocycles. The van der Waals surface area contributed by atoms with Crippen LogP contribution in [0.5, 0.6) is 0 Å². The average molecular weight is 368 g/mol. The van der Waals surface area contributed by atoms with Gasteiger partial charge in [0.2, 0.25) is 0 Å². The molecule has 0 aliphatic carbocycles. The summed E-state index contributed by atoms with van der Waals surface area (Å²) in [5, 5.41) is 24.8. The Bertz CT molecular complexity index is 718. The van der Waals surface area contributed by atoms with Crippen LogP contribution in [0.4, 0.5) is 0 Å². The predicted octanol–water partition coefficient (Wildman–Crippen LogP) is 1.91. The number of nitrogens with zero attached hydrogens (tertiary/aromatic N) is 4. The lowest BCUT2D eigenvalue weighted by molar-refractivity contribution is 0.203. The molecule has 2 aliphatic heterocycles. The summed E-state index contributed by atoms with van der Waals surface area (Å²) in [4.78, 5) is 4.51. The summed E-state index contributed by atoms with van der Waals surface area (Å²) < 4.78 is 5.94. The number of allylic oxidation sites excluding steroid dienone is 1. The Kier molecular flexibility index (Phi) is 6.75. The quantitative estimate of drug-likeness (QED) is 0.561. The topological polar surface area (TPSA) is 91.3 Å². The second kappa shape index (κ2) is 9.45. The van der Waals surface area contributed by atoms with Crippen molar-refractivity contribution in [2.24, 2.45) is 0 Å². The maximum absolute atomic E-state index is 9.10. The van der Waals surface area contributed by atoms with Gasteiger partial charge >= 0.3 is 0 Å². The van der Waals surface area contributed by atoms with E-state index in [4.69, 9.17) is 14.9 Å². The Morgan fingerprint density at radius 1 is 1.22 bits per heavy atom. The van der Waals surface area contributed by atoms with Crippen molar-refractivity contribution < 1.29 is 4.42 Å². The predicted molar refractivity (Wildman–Crippen MR) is 102 cm³/mol. The van der Waals surface area contributed by atoms with Crippen molar-refractivity contribution in [1.29, 1.82) is 10.5 Å². The van der Waals surface area contributed by atoms with Crippen molar-refractivity contribution in [3.05, 3.63) is 35.0 Å². The van der Waals surface area contributed by atoms with E-state index in [2.05, 4.69) is 26.5 Å². The zero-order valence-corrected chi connectivity index (χ0v) is 16.0. The van der Waals surface area contributed by atoms with Gasteiger partial charge in [-0.05, 0) is 45.0 Å². The molecule has 2 aliphatic rings. The summed E-state index contributed by atoms with van der Waals surface area (Å²) in [6.45, 7) is 8.25. The van der Waals surface area contributed by atoms with E-state index in [1.807, 2.05) is 25.1 Å². The number of piperidine rings is 1. The fourth-order valence-electron chi connectivity index (χ4n) is 3.72. The Labute approximate surface area is 161 Å². The van der Waals surface area contributed by atoms with Crippen molar-refractivity contribution in [2.45, 2.75) is 45.3 Å². The standard InChI is InChI=1S/C20H28N6O/c1-16-14-26(20(24-16)17(11-21)12-22)10-7-23-13-18-5-6-19(27-18)15-25-8-3-2-4-9-25/h5-6,16,23-24H,2-4,7-10,13-15H2,1H3. The van der Waals surface area contributed by atoms with Crippen molar-refractivity contribution >= 4 is 0 Å². The molecule has 0 bridgehead atoms. The Morgan fingerprint density at radius 3 is 2.70 bits per heavy atom. The largest absolute Gasteiger partial charge is 0.463 e. The van der Waals surface area contributed by atoms with E-state index in [9.17, 15) is 0 Å². The van der Waals surface area contributed by atoms with Crippen LogP contribution in [0.25, 0.3) is 0 Å². The van der Waals surface area contributed by atoms with E-state index in [1.165, 1.54) is 32.4 Å². The number of nitrogens with one attached hydrogen (secondary N) is 2. The van der Waals surface area contributed by atoms with Crippen molar-refractivity contribution in [1.82, 2.24) is 20.4 Å². The second-order valence-electron chi connectivity index (χ2n) is 7.32. The van der Waals surface area contributed by atoms with E-state index < -0.39 is 0 Å². The molecule has 3 rings (SSSR count). The summed E-state index contributed by atoms with van der Waals surface area (Å²) in [6.07, 6.45) is 3.92. The van der Waals surface area contributed by atoms with Gasteiger partial charge in [-0.15, -0.1) is 0 Å². The summed E-state index contributed by atoms with van der Waals surface area (Å²) in [5.41, 5.74) is 0.146. The maximum atomic E-state index is 9.10. The Morgan fingerprint density at radius 2 is 1.96 bits per heavy atom. The third-order valence-electron chi connectivity index (χ3n) is 5.06. The summed E-state index contributed by atoms with van der Waals surface area (Å²) in [5.74, 6) is 2.63. The Balaban J connectivity index is 1.43. The van der Waals surface area contributed by atoms with Crippen LogP contribution in [0.2, 0.25) is 0 Å². The van der Waals surface area contributed by atoms with Crippen molar-refractivity contribution in [3.8, 4) is 12.1 Å². The molecule has 1 aromatic rings. The molecule has 2 N–H and O–H groups in total. The van der Waals surface area contributed by atoms with Crippen LogP contribution in [0, 0.1) is 22.7 Å². The number of hydrogen-bond donors (Lipinski definition) is 2. The monoisotopic (exact) mass is 368 g/mol. The highest BCUT2D eigenvalue weighted by Gasteiger charge is 2.25. The van der Waals surface area contributed by atoms with Gasteiger partial charge in [0, 0.05) is 25.7 Å². The van der Waals surface area contributed by atoms with E-state index in [0.717, 1.165) is 37.7 Å². The van der Waals surface area contributed by atoms with Crippen LogP contribution in [0.15, 0.2) is 27.9 Å². The van der Waals surface area contributed by atoms with E-state index >= 15 is 0 Å². The zero-order chi connectivity index (χ0) is 19.1. The fourth-order valence-corrected chi connectivity index (χ4v) is 3.72. The lowest BCUT2D eigenvalue weighted by Crippen LogP contribution is -2.30. The Hall–Kier alpha value is -2.48. The summed E-state index contributed by atoms with van der Waals surface area (Å²) in [7, 11) is 0. The lowest BCUT2D eigenvalue weighted by Gasteiger charge is -2.25. The second-order valence-corrected chi connectivity index (χ2v) is 7.32. The molecule has 2 fully saturated rings. The van der Waals surface area contributed by atoms with Crippen molar-refractivity contribution in [2.75, 3.05) is 32.7 Å². The summed E-state index contributed by atoms with van der Waals surface area (Å²) >= 11 is 0. The van der Waals surface area contributed by atoms with E-state index in [0.29, 0.717) is 12.4 Å². The number of nitriles is 2. The third-order valence-corrected chi connectivity index (χ3v) is 5.06. The molecule has 144 valence electrons. The smallest absolute Gasteiger partial charge is 0.169 e. The molecule has 2 saturated heterocycles. The molecular formula is C20H28N6O. The van der Waals surface area contributed by atoms with Crippen molar-refractivity contribution in [3.63, 3.8) is 0 Å². The SMILES string of the molecule is CC1CN(CCNCc2ccc(CN3CCCCC3)o2)C(=C(C#N)C#N)N1. The first-order valence-electron chi connectivity index (χ1n) is 9.76. The normalized spacial score (nSPS) is 20.2. The molecule has 1 unspecified atom stereocenters. The molecule has 3 heterocycles. The molecule has 27 heavy (non-hydrogen) atoms. The van der Waals surface area contributed by atoms with E-state index in [1.54, 1.807) is 0 Å². The molecule has 0 amide bonds. The van der Waals surface area contributed by atoms with Gasteiger partial charge in [0.1, 0.15) is 29.5 Å². The first-order valence-corrected chi connectivity index (χ1v) is 9.76. The lowest BCUT2D eigenvalue weighted by atomic mass is 10.1. The molecular weight excluding hydrogens is 340 g/mol. The highest BCUT2D eigenvalue weighted by atomic mass is 16.3. The van der Waals surface area contributed by atoms with Gasteiger partial charge in [0.15, 0.2) is 5.57 Å². The maximum Gasteiger partial charge on any atom is 0.169 e. The van der Waals surface area contributed by atoms with Gasteiger partial charge in [0.05, 0.1) is 13.1 Å². The van der Waals surface area contributed by atoms with Gasteiger partial charge in [-0.2, -0.15) is 10.5 Å². The molecule has 1 atom stereocenters. The molecule has 7 heteroatoms. The van der Waals surface area contributed by atoms with Gasteiger partial charge < -0.3 is 20.0 Å². The van der Waals surface area contributed by atoms with Gasteiger partial charge in [-0.3, -0.25) is 4.90 Å².